The molecule has 2 aromatic rings. The lowest BCUT2D eigenvalue weighted by atomic mass is 10.2. The summed E-state index contributed by atoms with van der Waals surface area (Å²) < 4.78 is 6.61. The fourth-order valence-electron chi connectivity index (χ4n) is 1.76. The van der Waals surface area contributed by atoms with E-state index in [0.717, 1.165) is 0 Å². The third-order valence-corrected chi connectivity index (χ3v) is 2.53. The Morgan fingerprint density at radius 1 is 1.39 bits per heavy atom. The first-order valence-corrected chi connectivity index (χ1v) is 5.35. The van der Waals surface area contributed by atoms with E-state index in [1.165, 1.54) is 13.2 Å². The van der Waals surface area contributed by atoms with E-state index >= 15 is 0 Å². The Hall–Kier alpha value is -2.37. The second-order valence-corrected chi connectivity index (χ2v) is 3.81. The Balaban J connectivity index is 2.56. The molecule has 0 amide bonds. The maximum absolute atomic E-state index is 11.1. The van der Waals surface area contributed by atoms with Crippen LogP contribution in [0.1, 0.15) is 22.0 Å². The molecule has 1 N–H and O–H groups in total. The van der Waals surface area contributed by atoms with Crippen LogP contribution >= 0.6 is 0 Å². The molecule has 0 fully saturated rings. The van der Waals surface area contributed by atoms with Crippen molar-refractivity contribution in [3.05, 3.63) is 35.4 Å². The lowest BCUT2D eigenvalue weighted by Gasteiger charge is -2.08. The number of rotatable bonds is 3. The van der Waals surface area contributed by atoms with Gasteiger partial charge in [0.15, 0.2) is 0 Å². The van der Waals surface area contributed by atoms with E-state index in [4.69, 9.17) is 9.84 Å². The molecule has 0 aliphatic heterocycles. The molecule has 2 rings (SSSR count). The molecule has 6 nitrogen and oxygen atoms in total. The molecular formula is C12H13N3O3. The summed E-state index contributed by atoms with van der Waals surface area (Å²) in [5.74, 6) is 0.623. The highest BCUT2D eigenvalue weighted by Gasteiger charge is 2.14. The molecule has 94 valence electrons. The van der Waals surface area contributed by atoms with E-state index in [0.29, 0.717) is 23.1 Å². The summed E-state index contributed by atoms with van der Waals surface area (Å²) in [6.45, 7) is 3.59. The predicted octanol–water partition coefficient (Wildman–Crippen LogP) is 1.59. The van der Waals surface area contributed by atoms with Gasteiger partial charge in [-0.1, -0.05) is 0 Å². The van der Waals surface area contributed by atoms with Crippen LogP contribution in [-0.4, -0.2) is 33.0 Å². The summed E-state index contributed by atoms with van der Waals surface area (Å²) in [5.41, 5.74) is 0.744. The van der Waals surface area contributed by atoms with Gasteiger partial charge in [-0.2, -0.15) is 5.10 Å². The third kappa shape index (κ3) is 2.04. The van der Waals surface area contributed by atoms with Crippen LogP contribution in [0.15, 0.2) is 18.2 Å². The molecule has 0 radical (unpaired) electrons. The number of ether oxygens (including phenoxy) is 1. The number of carbonyl (C=O) groups is 1. The fraction of sp³-hybridized carbons (Fsp3) is 0.250. The minimum atomic E-state index is -1.04. The van der Waals surface area contributed by atoms with Crippen molar-refractivity contribution in [1.82, 2.24) is 14.8 Å². The van der Waals surface area contributed by atoms with Gasteiger partial charge in [0, 0.05) is 0 Å². The van der Waals surface area contributed by atoms with Gasteiger partial charge in [-0.25, -0.2) is 14.5 Å². The van der Waals surface area contributed by atoms with Gasteiger partial charge in [-0.15, -0.1) is 0 Å². The summed E-state index contributed by atoms with van der Waals surface area (Å²) in [7, 11) is 1.44. The number of hydrogen-bond donors (Lipinski definition) is 1. The second-order valence-electron chi connectivity index (χ2n) is 3.81. The van der Waals surface area contributed by atoms with Gasteiger partial charge in [0.05, 0.1) is 12.8 Å². The van der Waals surface area contributed by atoms with Gasteiger partial charge < -0.3 is 9.84 Å². The molecule has 0 bridgehead atoms. The van der Waals surface area contributed by atoms with Gasteiger partial charge in [0.25, 0.3) is 0 Å². The number of benzene rings is 1. The molecule has 18 heavy (non-hydrogen) atoms. The number of nitrogens with zero attached hydrogens (tertiary/aromatic N) is 3. The minimum absolute atomic E-state index is 0.0996. The van der Waals surface area contributed by atoms with Gasteiger partial charge in [-0.05, 0) is 32.0 Å². The maximum Gasteiger partial charge on any atom is 0.339 e. The first-order chi connectivity index (χ1) is 8.52. The highest BCUT2D eigenvalue weighted by molar-refractivity contribution is 5.91. The molecule has 0 spiro atoms. The monoisotopic (exact) mass is 247 g/mol. The van der Waals surface area contributed by atoms with Crippen molar-refractivity contribution in [3.63, 3.8) is 0 Å². The predicted molar refractivity (Wildman–Crippen MR) is 64.3 cm³/mol. The molecule has 6 heteroatoms. The molecule has 1 heterocycles. The van der Waals surface area contributed by atoms with Crippen molar-refractivity contribution < 1.29 is 14.6 Å². The molecular weight excluding hydrogens is 234 g/mol. The van der Waals surface area contributed by atoms with Crippen molar-refractivity contribution in [1.29, 1.82) is 0 Å². The summed E-state index contributed by atoms with van der Waals surface area (Å²) in [6, 6.07) is 4.86. The van der Waals surface area contributed by atoms with Crippen molar-refractivity contribution in [2.24, 2.45) is 0 Å². The fourth-order valence-corrected chi connectivity index (χ4v) is 1.76. The molecule has 0 aliphatic carbocycles. The molecule has 0 saturated heterocycles. The normalized spacial score (nSPS) is 10.4. The summed E-state index contributed by atoms with van der Waals surface area (Å²) in [4.78, 5) is 15.3. The second kappa shape index (κ2) is 4.48. The van der Waals surface area contributed by atoms with Crippen LogP contribution in [-0.2, 0) is 0 Å². The van der Waals surface area contributed by atoms with Crippen LogP contribution < -0.4 is 4.74 Å². The molecule has 1 aromatic heterocycles. The molecule has 0 unspecified atom stereocenters. The number of carboxylic acid groups (broad SMARTS) is 1. The lowest BCUT2D eigenvalue weighted by molar-refractivity contribution is 0.0693. The van der Waals surface area contributed by atoms with Crippen molar-refractivity contribution >= 4 is 5.97 Å². The summed E-state index contributed by atoms with van der Waals surface area (Å²) in [5, 5.41) is 13.3. The van der Waals surface area contributed by atoms with Crippen LogP contribution in [0.5, 0.6) is 5.75 Å². The number of hydrogen-bond acceptors (Lipinski definition) is 4. The Labute approximate surface area is 104 Å². The number of aromatic carboxylic acids is 1. The SMILES string of the molecule is COc1ccc(-n2nc(C)nc2C)cc1C(=O)O. The average molecular weight is 247 g/mol. The van der Waals surface area contributed by atoms with E-state index in [2.05, 4.69) is 10.1 Å². The molecule has 0 saturated carbocycles. The topological polar surface area (TPSA) is 77.2 Å². The van der Waals surface area contributed by atoms with Crippen LogP contribution in [0.2, 0.25) is 0 Å². The van der Waals surface area contributed by atoms with Gasteiger partial charge in [0.1, 0.15) is 23.0 Å². The smallest absolute Gasteiger partial charge is 0.339 e. The Morgan fingerprint density at radius 3 is 2.61 bits per heavy atom. The quantitative estimate of drug-likeness (QED) is 0.891. The van der Waals surface area contributed by atoms with Gasteiger partial charge in [0.2, 0.25) is 0 Å². The number of methoxy groups -OCH3 is 1. The zero-order valence-electron chi connectivity index (χ0n) is 10.3. The average Bonchev–Trinajstić information content (AvgIpc) is 2.67. The highest BCUT2D eigenvalue weighted by Crippen LogP contribution is 2.22. The first-order valence-electron chi connectivity index (χ1n) is 5.35. The van der Waals surface area contributed by atoms with Crippen molar-refractivity contribution in [3.8, 4) is 11.4 Å². The van der Waals surface area contributed by atoms with E-state index in [9.17, 15) is 4.79 Å². The minimum Gasteiger partial charge on any atom is -0.496 e. The van der Waals surface area contributed by atoms with E-state index < -0.39 is 5.97 Å². The molecule has 0 aliphatic rings. The number of aryl methyl sites for hydroxylation is 2. The zero-order chi connectivity index (χ0) is 13.3. The Bertz CT molecular complexity index is 605. The standard InChI is InChI=1S/C12H13N3O3/c1-7-13-8(2)15(14-7)9-4-5-11(18-3)10(6-9)12(16)17/h4-6H,1-3H3,(H,16,17). The van der Waals surface area contributed by atoms with Crippen molar-refractivity contribution in [2.45, 2.75) is 13.8 Å². The maximum atomic E-state index is 11.1. The number of aromatic nitrogens is 3. The summed E-state index contributed by atoms with van der Waals surface area (Å²) >= 11 is 0. The molecule has 1 aromatic carbocycles. The van der Waals surface area contributed by atoms with Crippen LogP contribution in [0.3, 0.4) is 0 Å². The Morgan fingerprint density at radius 2 is 2.11 bits per heavy atom. The third-order valence-electron chi connectivity index (χ3n) is 2.53. The van der Waals surface area contributed by atoms with Gasteiger partial charge in [-0.3, -0.25) is 0 Å². The van der Waals surface area contributed by atoms with E-state index in [-0.39, 0.29) is 5.56 Å². The van der Waals surface area contributed by atoms with E-state index in [1.54, 1.807) is 23.7 Å². The lowest BCUT2D eigenvalue weighted by Crippen LogP contribution is -2.05. The highest BCUT2D eigenvalue weighted by atomic mass is 16.5. The van der Waals surface area contributed by atoms with E-state index in [1.807, 2.05) is 6.92 Å². The summed E-state index contributed by atoms with van der Waals surface area (Å²) in [6.07, 6.45) is 0. The Kier molecular flexibility index (Phi) is 3.01. The van der Waals surface area contributed by atoms with Crippen LogP contribution in [0.25, 0.3) is 5.69 Å². The molecule has 0 atom stereocenters. The largest absolute Gasteiger partial charge is 0.496 e. The van der Waals surface area contributed by atoms with Crippen LogP contribution in [0.4, 0.5) is 0 Å². The first kappa shape index (κ1) is 12.1. The van der Waals surface area contributed by atoms with Crippen molar-refractivity contribution in [2.75, 3.05) is 7.11 Å². The zero-order valence-corrected chi connectivity index (χ0v) is 10.3. The number of carboxylic acids is 1. The van der Waals surface area contributed by atoms with Crippen LogP contribution in [0, 0.1) is 13.8 Å². The van der Waals surface area contributed by atoms with Gasteiger partial charge >= 0.3 is 5.97 Å².